The van der Waals surface area contributed by atoms with Crippen molar-refractivity contribution in [2.24, 2.45) is 30.2 Å². The van der Waals surface area contributed by atoms with Crippen LogP contribution in [0.1, 0.15) is 16.7 Å². The normalized spacial score (nSPS) is 23.1. The minimum Gasteiger partial charge on any atom is -0.265 e. The summed E-state index contributed by atoms with van der Waals surface area (Å²) in [4.78, 5) is 23.4. The molecule has 0 amide bonds. The van der Waals surface area contributed by atoms with E-state index in [4.69, 9.17) is 15.0 Å². The molecule has 1 aromatic heterocycles. The Bertz CT molecular complexity index is 1930. The van der Waals surface area contributed by atoms with Crippen molar-refractivity contribution < 1.29 is 0 Å². The summed E-state index contributed by atoms with van der Waals surface area (Å²) < 4.78 is 0. The first-order valence-corrected chi connectivity index (χ1v) is 13.3. The number of nitrogens with zero attached hydrogens (tertiary/aromatic N) is 7. The molecule has 1 unspecified atom stereocenters. The Morgan fingerprint density at radius 1 is 0.512 bits per heavy atom. The summed E-state index contributed by atoms with van der Waals surface area (Å²) in [5, 5.41) is 8.80. The largest absolute Gasteiger partial charge is 0.265 e. The molecule has 0 N–H and O–H groups in total. The number of azo groups is 1. The van der Waals surface area contributed by atoms with Crippen molar-refractivity contribution in [3.8, 4) is 0 Å². The quantitative estimate of drug-likeness (QED) is 0.436. The van der Waals surface area contributed by atoms with Gasteiger partial charge in [-0.25, -0.2) is 20.0 Å². The summed E-state index contributed by atoms with van der Waals surface area (Å²) in [6, 6.07) is 12.4. The lowest BCUT2D eigenvalue weighted by Crippen LogP contribution is -2.20. The van der Waals surface area contributed by atoms with E-state index in [1.807, 2.05) is 79.0 Å². The van der Waals surface area contributed by atoms with Crippen molar-refractivity contribution in [3.05, 3.63) is 167 Å². The van der Waals surface area contributed by atoms with Crippen molar-refractivity contribution in [2.75, 3.05) is 0 Å². The molecule has 6 aliphatic rings. The van der Waals surface area contributed by atoms with Gasteiger partial charge in [-0.1, -0.05) is 24.3 Å². The van der Waals surface area contributed by atoms with Gasteiger partial charge in [-0.15, -0.1) is 0 Å². The molecule has 0 radical (unpaired) electrons. The predicted octanol–water partition coefficient (Wildman–Crippen LogP) is 6.72. The number of rotatable bonds is 3. The number of pyridine rings is 1. The van der Waals surface area contributed by atoms with Crippen LogP contribution in [-0.4, -0.2) is 27.8 Å². The monoisotopic (exact) mass is 527 g/mol. The smallest absolute Gasteiger partial charge is 0.152 e. The molecule has 41 heavy (non-hydrogen) atoms. The molecule has 0 spiro atoms. The van der Waals surface area contributed by atoms with Crippen LogP contribution in [0.15, 0.2) is 181 Å². The maximum atomic E-state index is 4.98. The highest BCUT2D eigenvalue weighted by molar-refractivity contribution is 6.32. The second-order valence-corrected chi connectivity index (χ2v) is 10.1. The van der Waals surface area contributed by atoms with Gasteiger partial charge in [0.15, 0.2) is 5.54 Å². The van der Waals surface area contributed by atoms with Crippen molar-refractivity contribution in [2.45, 2.75) is 5.54 Å². The van der Waals surface area contributed by atoms with Gasteiger partial charge in [-0.2, -0.15) is 10.2 Å². The van der Waals surface area contributed by atoms with E-state index in [-0.39, 0.29) is 0 Å². The minimum absolute atomic E-state index is 0.662. The van der Waals surface area contributed by atoms with E-state index in [1.165, 1.54) is 0 Å². The number of hydrogen-bond acceptors (Lipinski definition) is 7. The Hall–Kier alpha value is -5.69. The Morgan fingerprint density at radius 3 is 1.71 bits per heavy atom. The Labute approximate surface area is 236 Å². The molecular formula is C34H21N7. The van der Waals surface area contributed by atoms with Crippen molar-refractivity contribution in [1.82, 2.24) is 4.98 Å². The van der Waals surface area contributed by atoms with Gasteiger partial charge in [0.05, 0.1) is 45.6 Å². The van der Waals surface area contributed by atoms with Crippen LogP contribution in [0.5, 0.6) is 0 Å². The van der Waals surface area contributed by atoms with Crippen LogP contribution in [0.4, 0.5) is 0 Å². The summed E-state index contributed by atoms with van der Waals surface area (Å²) in [5.74, 6) is 0. The molecule has 1 aromatic carbocycles. The van der Waals surface area contributed by atoms with Crippen LogP contribution < -0.4 is 0 Å². The van der Waals surface area contributed by atoms with E-state index in [2.05, 4.69) is 50.5 Å². The number of allylic oxidation sites excluding steroid dienone is 12. The molecule has 8 rings (SSSR count). The zero-order valence-corrected chi connectivity index (χ0v) is 21.8. The second kappa shape index (κ2) is 9.20. The zero-order chi connectivity index (χ0) is 27.2. The topological polar surface area (TPSA) is 87.0 Å². The van der Waals surface area contributed by atoms with Crippen LogP contribution in [-0.2, 0) is 5.54 Å². The number of fused-ring (bicyclic) bond motifs is 4. The van der Waals surface area contributed by atoms with Crippen LogP contribution in [0.3, 0.4) is 0 Å². The first-order chi connectivity index (χ1) is 20.2. The van der Waals surface area contributed by atoms with Gasteiger partial charge in [0.2, 0.25) is 0 Å². The number of aromatic nitrogens is 1. The maximum absolute atomic E-state index is 4.98. The summed E-state index contributed by atoms with van der Waals surface area (Å²) in [5.41, 5.74) is 10.2. The van der Waals surface area contributed by atoms with Crippen molar-refractivity contribution >= 4 is 28.4 Å². The van der Waals surface area contributed by atoms with Gasteiger partial charge in [0, 0.05) is 24.2 Å². The molecule has 7 nitrogen and oxygen atoms in total. The van der Waals surface area contributed by atoms with E-state index >= 15 is 0 Å². The van der Waals surface area contributed by atoms with Crippen molar-refractivity contribution in [3.63, 3.8) is 0 Å². The SMILES string of the molecule is C1=CC(c2ccncc2)(c2ccc(C3=CC4=CC5=NC(=CC6=NC(=CC7=NC(=CC3=N4)C=C7)C=C6)C=C5)cc2)N=N1. The van der Waals surface area contributed by atoms with E-state index in [1.54, 1.807) is 18.6 Å². The van der Waals surface area contributed by atoms with Gasteiger partial charge in [-0.3, -0.25) is 4.98 Å². The van der Waals surface area contributed by atoms with Crippen LogP contribution in [0, 0.1) is 0 Å². The first-order valence-electron chi connectivity index (χ1n) is 13.3. The highest BCUT2D eigenvalue weighted by Gasteiger charge is 2.34. The summed E-state index contributed by atoms with van der Waals surface area (Å²) >= 11 is 0. The van der Waals surface area contributed by atoms with Gasteiger partial charge < -0.3 is 0 Å². The third kappa shape index (κ3) is 4.20. The fourth-order valence-electron chi connectivity index (χ4n) is 5.41. The lowest BCUT2D eigenvalue weighted by Gasteiger charge is -2.24. The highest BCUT2D eigenvalue weighted by Crippen LogP contribution is 2.39. The van der Waals surface area contributed by atoms with E-state index in [9.17, 15) is 0 Å². The minimum atomic E-state index is -0.662. The van der Waals surface area contributed by atoms with Crippen LogP contribution in [0.2, 0.25) is 0 Å². The lowest BCUT2D eigenvalue weighted by molar-refractivity contribution is 0.668. The van der Waals surface area contributed by atoms with E-state index in [0.29, 0.717) is 0 Å². The fraction of sp³-hybridized carbons (Fsp3) is 0.0294. The molecule has 6 aliphatic heterocycles. The number of benzene rings is 1. The Morgan fingerprint density at radius 2 is 1.10 bits per heavy atom. The third-order valence-corrected chi connectivity index (χ3v) is 7.39. The third-order valence-electron chi connectivity index (χ3n) is 7.39. The molecule has 0 aliphatic carbocycles. The molecule has 0 saturated heterocycles. The van der Waals surface area contributed by atoms with Gasteiger partial charge in [0.1, 0.15) is 0 Å². The lowest BCUT2D eigenvalue weighted by atomic mass is 9.83. The molecule has 8 bridgehead atoms. The van der Waals surface area contributed by atoms with E-state index in [0.717, 1.165) is 67.9 Å². The standard InChI is InChI=1S/C34H21N7/c1-3-23(34(13-16-36-41-34)24-11-14-35-15-12-24)4-2-22(1)32-20-31-19-29-8-7-27(38-29)17-25-5-6-26(37-25)18-28-9-10-30(39-28)21-33(32)40-31/h1-21H. The molecule has 7 heteroatoms. The number of aliphatic imine (C=N–C) groups is 4. The van der Waals surface area contributed by atoms with Gasteiger partial charge in [-0.05, 0) is 102 Å². The summed E-state index contributed by atoms with van der Waals surface area (Å²) in [7, 11) is 0. The molecule has 7 heterocycles. The van der Waals surface area contributed by atoms with Gasteiger partial charge in [0.25, 0.3) is 0 Å². The van der Waals surface area contributed by atoms with E-state index < -0.39 is 5.54 Å². The van der Waals surface area contributed by atoms with Crippen molar-refractivity contribution in [1.29, 1.82) is 0 Å². The molecule has 1 atom stereocenters. The number of hydrogen-bond donors (Lipinski definition) is 0. The molecule has 0 fully saturated rings. The fourth-order valence-corrected chi connectivity index (χ4v) is 5.41. The summed E-state index contributed by atoms with van der Waals surface area (Å²) in [6.45, 7) is 0. The Balaban J connectivity index is 1.20. The molecular weight excluding hydrogens is 506 g/mol. The molecule has 2 aromatic rings. The molecule has 192 valence electrons. The average Bonchev–Trinajstić information content (AvgIpc) is 3.83. The Kier molecular flexibility index (Phi) is 5.21. The molecule has 0 saturated carbocycles. The average molecular weight is 528 g/mol. The van der Waals surface area contributed by atoms with Crippen LogP contribution in [0.25, 0.3) is 5.57 Å². The maximum Gasteiger partial charge on any atom is 0.152 e. The highest BCUT2D eigenvalue weighted by atomic mass is 15.2. The first kappa shape index (κ1) is 23.2. The van der Waals surface area contributed by atoms with Crippen LogP contribution >= 0.6 is 0 Å². The zero-order valence-electron chi connectivity index (χ0n) is 21.8. The summed E-state index contributed by atoms with van der Waals surface area (Å²) in [6.07, 6.45) is 29.4. The predicted molar refractivity (Wildman–Crippen MR) is 163 cm³/mol. The van der Waals surface area contributed by atoms with Gasteiger partial charge >= 0.3 is 0 Å². The second-order valence-electron chi connectivity index (χ2n) is 10.1.